The first-order chi connectivity index (χ1) is 6.24. The van der Waals surface area contributed by atoms with Crippen LogP contribution in [0.3, 0.4) is 0 Å². The van der Waals surface area contributed by atoms with Crippen molar-refractivity contribution in [2.75, 3.05) is 0 Å². The van der Waals surface area contributed by atoms with Crippen molar-refractivity contribution >= 4 is 11.3 Å². The summed E-state index contributed by atoms with van der Waals surface area (Å²) in [4.78, 5) is 4.33. The zero-order valence-corrected chi connectivity index (χ0v) is 8.60. The van der Waals surface area contributed by atoms with Crippen molar-refractivity contribution in [2.45, 2.75) is 32.2 Å². The van der Waals surface area contributed by atoms with Crippen LogP contribution < -0.4 is 5.73 Å². The van der Waals surface area contributed by atoms with E-state index in [1.54, 1.807) is 11.3 Å². The highest BCUT2D eigenvalue weighted by molar-refractivity contribution is 7.09. The Kier molecular flexibility index (Phi) is 3.94. The number of nitrogens with two attached hydrogens (primary N) is 1. The molecule has 1 rings (SSSR count). The van der Waals surface area contributed by atoms with Crippen molar-refractivity contribution in [1.82, 2.24) is 4.98 Å². The minimum Gasteiger partial charge on any atom is -0.323 e. The molecule has 0 amide bonds. The molecule has 2 nitrogen and oxygen atoms in total. The Morgan fingerprint density at radius 3 is 3.08 bits per heavy atom. The van der Waals surface area contributed by atoms with E-state index in [1.165, 1.54) is 0 Å². The first kappa shape index (κ1) is 10.2. The van der Waals surface area contributed by atoms with Crippen molar-refractivity contribution in [2.24, 2.45) is 5.73 Å². The molecule has 1 atom stereocenters. The van der Waals surface area contributed by atoms with E-state index in [-0.39, 0.29) is 6.04 Å². The molecular weight excluding hydrogens is 180 g/mol. The lowest BCUT2D eigenvalue weighted by Gasteiger charge is -2.06. The number of aryl methyl sites for hydroxylation is 1. The fourth-order valence-electron chi connectivity index (χ4n) is 1.12. The molecule has 1 unspecified atom stereocenters. The molecule has 0 aliphatic heterocycles. The summed E-state index contributed by atoms with van der Waals surface area (Å²) >= 11 is 1.64. The normalized spacial score (nSPS) is 12.4. The number of aromatic nitrogens is 1. The molecule has 2 N–H and O–H groups in total. The van der Waals surface area contributed by atoms with Crippen molar-refractivity contribution in [3.63, 3.8) is 0 Å². The van der Waals surface area contributed by atoms with Crippen molar-refractivity contribution in [3.8, 4) is 12.3 Å². The highest BCUT2D eigenvalue weighted by atomic mass is 32.1. The summed E-state index contributed by atoms with van der Waals surface area (Å²) < 4.78 is 0. The van der Waals surface area contributed by atoms with Gasteiger partial charge in [0, 0.05) is 17.8 Å². The summed E-state index contributed by atoms with van der Waals surface area (Å²) in [5.74, 6) is 2.61. The van der Waals surface area contributed by atoms with Gasteiger partial charge < -0.3 is 5.73 Å². The van der Waals surface area contributed by atoms with Gasteiger partial charge in [0.2, 0.25) is 0 Å². The molecule has 1 aromatic rings. The lowest BCUT2D eigenvalue weighted by molar-refractivity contribution is 0.608. The number of hydrogen-bond donors (Lipinski definition) is 1. The van der Waals surface area contributed by atoms with Crippen molar-refractivity contribution in [1.29, 1.82) is 0 Å². The predicted molar refractivity (Wildman–Crippen MR) is 56.5 cm³/mol. The van der Waals surface area contributed by atoms with Crippen LogP contribution in [0.4, 0.5) is 0 Å². The van der Waals surface area contributed by atoms with Gasteiger partial charge >= 0.3 is 0 Å². The molecule has 70 valence electrons. The number of rotatable bonds is 4. The van der Waals surface area contributed by atoms with Crippen LogP contribution in [0.1, 0.15) is 36.0 Å². The Bertz CT molecular complexity index is 298. The molecule has 0 saturated carbocycles. The second-order valence-corrected chi connectivity index (χ2v) is 4.06. The second kappa shape index (κ2) is 5.00. The van der Waals surface area contributed by atoms with E-state index in [0.717, 1.165) is 30.0 Å². The van der Waals surface area contributed by atoms with Gasteiger partial charge in [0.15, 0.2) is 0 Å². The minimum absolute atomic E-state index is 0.0540. The van der Waals surface area contributed by atoms with Gasteiger partial charge in [0.05, 0.1) is 10.7 Å². The lowest BCUT2D eigenvalue weighted by atomic mass is 10.1. The summed E-state index contributed by atoms with van der Waals surface area (Å²) in [5.41, 5.74) is 6.92. The number of terminal acetylenes is 1. The molecule has 0 aliphatic carbocycles. The molecule has 0 fully saturated rings. The van der Waals surface area contributed by atoms with E-state index in [1.807, 2.05) is 12.3 Å². The van der Waals surface area contributed by atoms with Crippen LogP contribution in [-0.2, 0) is 0 Å². The summed E-state index contributed by atoms with van der Waals surface area (Å²) in [5, 5.41) is 3.10. The Hall–Kier alpha value is -0.850. The van der Waals surface area contributed by atoms with Crippen molar-refractivity contribution < 1.29 is 0 Å². The number of unbranched alkanes of at least 4 members (excludes halogenated alkanes) is 1. The zero-order chi connectivity index (χ0) is 9.68. The number of nitrogens with zero attached hydrogens (tertiary/aromatic N) is 1. The molecule has 13 heavy (non-hydrogen) atoms. The van der Waals surface area contributed by atoms with Gasteiger partial charge in [-0.3, -0.25) is 0 Å². The molecule has 0 saturated heterocycles. The summed E-state index contributed by atoms with van der Waals surface area (Å²) in [6.07, 6.45) is 7.86. The van der Waals surface area contributed by atoms with E-state index in [9.17, 15) is 0 Å². The number of hydrogen-bond acceptors (Lipinski definition) is 3. The highest BCUT2D eigenvalue weighted by Crippen LogP contribution is 2.18. The van der Waals surface area contributed by atoms with Gasteiger partial charge in [0.25, 0.3) is 0 Å². The van der Waals surface area contributed by atoms with E-state index < -0.39 is 0 Å². The Labute approximate surface area is 83.2 Å². The van der Waals surface area contributed by atoms with Gasteiger partial charge in [-0.25, -0.2) is 4.98 Å². The third-order valence-electron chi connectivity index (χ3n) is 1.85. The summed E-state index contributed by atoms with van der Waals surface area (Å²) in [6.45, 7) is 1.99. The average molecular weight is 194 g/mol. The fraction of sp³-hybridized carbons (Fsp3) is 0.500. The zero-order valence-electron chi connectivity index (χ0n) is 7.79. The fourth-order valence-corrected chi connectivity index (χ4v) is 1.80. The van der Waals surface area contributed by atoms with Gasteiger partial charge in [-0.2, -0.15) is 0 Å². The third kappa shape index (κ3) is 3.17. The van der Waals surface area contributed by atoms with Gasteiger partial charge in [0.1, 0.15) is 0 Å². The highest BCUT2D eigenvalue weighted by Gasteiger charge is 2.07. The maximum absolute atomic E-state index is 5.92. The topological polar surface area (TPSA) is 38.9 Å². The first-order valence-electron chi connectivity index (χ1n) is 4.35. The van der Waals surface area contributed by atoms with Gasteiger partial charge in [-0.1, -0.05) is 0 Å². The smallest absolute Gasteiger partial charge is 0.0898 e. The van der Waals surface area contributed by atoms with Crippen molar-refractivity contribution in [3.05, 3.63) is 16.1 Å². The Morgan fingerprint density at radius 2 is 2.54 bits per heavy atom. The number of thiazole rings is 1. The average Bonchev–Trinajstić information content (AvgIpc) is 2.52. The van der Waals surface area contributed by atoms with Crippen LogP contribution in [0.5, 0.6) is 0 Å². The molecule has 3 heteroatoms. The Morgan fingerprint density at radius 1 is 1.77 bits per heavy atom. The summed E-state index contributed by atoms with van der Waals surface area (Å²) in [6, 6.07) is 0.0540. The Balaban J connectivity index is 2.40. The largest absolute Gasteiger partial charge is 0.323 e. The van der Waals surface area contributed by atoms with E-state index in [4.69, 9.17) is 12.2 Å². The molecule has 0 aliphatic rings. The van der Waals surface area contributed by atoms with Crippen LogP contribution in [0, 0.1) is 19.3 Å². The van der Waals surface area contributed by atoms with Crippen LogP contribution >= 0.6 is 11.3 Å². The minimum atomic E-state index is 0.0540. The summed E-state index contributed by atoms with van der Waals surface area (Å²) in [7, 11) is 0. The quantitative estimate of drug-likeness (QED) is 0.590. The van der Waals surface area contributed by atoms with Gasteiger partial charge in [-0.15, -0.1) is 23.7 Å². The van der Waals surface area contributed by atoms with Crippen LogP contribution in [0.25, 0.3) is 0 Å². The van der Waals surface area contributed by atoms with E-state index in [2.05, 4.69) is 10.9 Å². The second-order valence-electron chi connectivity index (χ2n) is 2.99. The van der Waals surface area contributed by atoms with Crippen LogP contribution in [0.15, 0.2) is 5.38 Å². The van der Waals surface area contributed by atoms with Crippen LogP contribution in [-0.4, -0.2) is 4.98 Å². The first-order valence-corrected chi connectivity index (χ1v) is 5.23. The third-order valence-corrected chi connectivity index (χ3v) is 2.64. The maximum Gasteiger partial charge on any atom is 0.0898 e. The molecule has 0 spiro atoms. The molecule has 0 radical (unpaired) electrons. The predicted octanol–water partition coefficient (Wildman–Crippen LogP) is 2.25. The molecule has 1 aromatic heterocycles. The lowest BCUT2D eigenvalue weighted by Crippen LogP contribution is -2.10. The standard InChI is InChI=1S/C10H14N2S/c1-3-4-5-6-9(11)10-7-13-8(2)12-10/h1,7,9H,4-6,11H2,2H3. The monoisotopic (exact) mass is 194 g/mol. The molecule has 1 heterocycles. The molecule has 0 bridgehead atoms. The molecule has 0 aromatic carbocycles. The van der Waals surface area contributed by atoms with Gasteiger partial charge in [-0.05, 0) is 19.8 Å². The SMILES string of the molecule is C#CCCCC(N)c1csc(C)n1. The maximum atomic E-state index is 5.92. The van der Waals surface area contributed by atoms with E-state index >= 15 is 0 Å². The van der Waals surface area contributed by atoms with E-state index in [0.29, 0.717) is 0 Å². The molecular formula is C10H14N2S. The van der Waals surface area contributed by atoms with Crippen LogP contribution in [0.2, 0.25) is 0 Å².